The Bertz CT molecular complexity index is 902. The quantitative estimate of drug-likeness (QED) is 0.662. The van der Waals surface area contributed by atoms with Crippen LogP contribution in [0.2, 0.25) is 0 Å². The molecule has 1 fully saturated rings. The Kier molecular flexibility index (Phi) is 6.70. The predicted molar refractivity (Wildman–Crippen MR) is 122 cm³/mol. The lowest BCUT2D eigenvalue weighted by Crippen LogP contribution is -2.42. The first kappa shape index (κ1) is 21.6. The van der Waals surface area contributed by atoms with Crippen LogP contribution < -0.4 is 9.80 Å². The van der Waals surface area contributed by atoms with Gasteiger partial charge in [-0.25, -0.2) is 4.98 Å². The molecule has 1 aromatic carbocycles. The van der Waals surface area contributed by atoms with E-state index in [4.69, 9.17) is 14.7 Å². The van der Waals surface area contributed by atoms with Crippen LogP contribution in [0.3, 0.4) is 0 Å². The van der Waals surface area contributed by atoms with E-state index in [9.17, 15) is 4.79 Å². The molecular formula is C24H33N5O2. The molecule has 4 rings (SSSR count). The molecule has 0 N–H and O–H groups in total. The van der Waals surface area contributed by atoms with E-state index in [2.05, 4.69) is 40.1 Å². The van der Waals surface area contributed by atoms with Crippen LogP contribution in [0.1, 0.15) is 36.6 Å². The highest BCUT2D eigenvalue weighted by molar-refractivity contribution is 5.73. The molecule has 2 aliphatic rings. The zero-order chi connectivity index (χ0) is 21.8. The van der Waals surface area contributed by atoms with E-state index < -0.39 is 0 Å². The van der Waals surface area contributed by atoms with E-state index in [-0.39, 0.29) is 11.9 Å². The molecule has 0 bridgehead atoms. The van der Waals surface area contributed by atoms with Gasteiger partial charge in [-0.3, -0.25) is 9.69 Å². The Balaban J connectivity index is 1.61. The van der Waals surface area contributed by atoms with Crippen molar-refractivity contribution >= 4 is 17.7 Å². The summed E-state index contributed by atoms with van der Waals surface area (Å²) in [5.74, 6) is 1.55. The third-order valence-corrected chi connectivity index (χ3v) is 6.10. The van der Waals surface area contributed by atoms with Crippen LogP contribution >= 0.6 is 0 Å². The first-order valence-corrected chi connectivity index (χ1v) is 11.3. The van der Waals surface area contributed by atoms with Gasteiger partial charge >= 0.3 is 5.97 Å². The SMILES string of the molecule is CCOC(=O)C1CCCN(c2nc(N(C)C)nc3c2CN(Cc2ccccc2)CC3)C1. The molecule has 3 heterocycles. The number of piperidine rings is 1. The van der Waals surface area contributed by atoms with E-state index in [1.165, 1.54) is 11.1 Å². The van der Waals surface area contributed by atoms with Crippen molar-refractivity contribution in [2.45, 2.75) is 39.3 Å². The van der Waals surface area contributed by atoms with Crippen LogP contribution in [0, 0.1) is 5.92 Å². The van der Waals surface area contributed by atoms with E-state index in [1.54, 1.807) is 0 Å². The van der Waals surface area contributed by atoms with Gasteiger partial charge in [0.25, 0.3) is 0 Å². The van der Waals surface area contributed by atoms with Gasteiger partial charge in [0.1, 0.15) is 5.82 Å². The lowest BCUT2D eigenvalue weighted by atomic mass is 9.97. The number of benzene rings is 1. The number of hydrogen-bond donors (Lipinski definition) is 0. The van der Waals surface area contributed by atoms with Gasteiger partial charge in [0.15, 0.2) is 0 Å². The summed E-state index contributed by atoms with van der Waals surface area (Å²) in [4.78, 5) is 28.9. The van der Waals surface area contributed by atoms with Crippen LogP contribution in [0.4, 0.5) is 11.8 Å². The van der Waals surface area contributed by atoms with Crippen LogP contribution in [0.5, 0.6) is 0 Å². The number of hydrogen-bond acceptors (Lipinski definition) is 7. The lowest BCUT2D eigenvalue weighted by Gasteiger charge is -2.37. The van der Waals surface area contributed by atoms with Crippen LogP contribution in [0.25, 0.3) is 0 Å². The largest absolute Gasteiger partial charge is 0.466 e. The topological polar surface area (TPSA) is 61.8 Å². The molecule has 2 aromatic rings. The van der Waals surface area contributed by atoms with Gasteiger partial charge in [-0.2, -0.15) is 4.98 Å². The second-order valence-electron chi connectivity index (χ2n) is 8.65. The molecule has 0 saturated carbocycles. The van der Waals surface area contributed by atoms with Crippen molar-refractivity contribution in [3.63, 3.8) is 0 Å². The second-order valence-corrected chi connectivity index (χ2v) is 8.65. The number of carbonyl (C=O) groups excluding carboxylic acids is 1. The van der Waals surface area contributed by atoms with Gasteiger partial charge in [-0.1, -0.05) is 30.3 Å². The Morgan fingerprint density at radius 2 is 2.00 bits per heavy atom. The summed E-state index contributed by atoms with van der Waals surface area (Å²) in [6.07, 6.45) is 2.75. The number of ether oxygens (including phenoxy) is 1. The number of rotatable bonds is 6. The molecule has 0 aliphatic carbocycles. The molecular weight excluding hydrogens is 390 g/mol. The van der Waals surface area contributed by atoms with E-state index in [1.807, 2.05) is 25.9 Å². The molecule has 0 spiro atoms. The maximum absolute atomic E-state index is 12.4. The van der Waals surface area contributed by atoms with Gasteiger partial charge < -0.3 is 14.5 Å². The minimum Gasteiger partial charge on any atom is -0.466 e. The number of aromatic nitrogens is 2. The zero-order valence-corrected chi connectivity index (χ0v) is 18.9. The van der Waals surface area contributed by atoms with Gasteiger partial charge in [0.2, 0.25) is 5.95 Å². The maximum Gasteiger partial charge on any atom is 0.310 e. The Morgan fingerprint density at radius 3 is 2.74 bits per heavy atom. The summed E-state index contributed by atoms with van der Waals surface area (Å²) in [6, 6.07) is 10.6. The molecule has 1 atom stereocenters. The highest BCUT2D eigenvalue weighted by Crippen LogP contribution is 2.32. The molecule has 31 heavy (non-hydrogen) atoms. The minimum absolute atomic E-state index is 0.0892. The van der Waals surface area contributed by atoms with Gasteiger partial charge in [0.05, 0.1) is 18.2 Å². The molecule has 0 amide bonds. The molecule has 166 valence electrons. The molecule has 0 radical (unpaired) electrons. The van der Waals surface area contributed by atoms with Crippen molar-refractivity contribution in [1.82, 2.24) is 14.9 Å². The molecule has 1 aromatic heterocycles. The maximum atomic E-state index is 12.4. The number of fused-ring (bicyclic) bond motifs is 1. The van der Waals surface area contributed by atoms with E-state index >= 15 is 0 Å². The van der Waals surface area contributed by atoms with E-state index in [0.29, 0.717) is 13.2 Å². The summed E-state index contributed by atoms with van der Waals surface area (Å²) >= 11 is 0. The van der Waals surface area contributed by atoms with Crippen molar-refractivity contribution in [3.05, 3.63) is 47.2 Å². The molecule has 7 heteroatoms. The first-order valence-electron chi connectivity index (χ1n) is 11.3. The summed E-state index contributed by atoms with van der Waals surface area (Å²) < 4.78 is 5.31. The smallest absolute Gasteiger partial charge is 0.310 e. The van der Waals surface area contributed by atoms with Gasteiger partial charge in [-0.05, 0) is 25.3 Å². The van der Waals surface area contributed by atoms with Crippen LogP contribution in [-0.2, 0) is 29.0 Å². The average Bonchev–Trinajstić information content (AvgIpc) is 2.79. The Hall–Kier alpha value is -2.67. The van der Waals surface area contributed by atoms with Crippen LogP contribution in [0.15, 0.2) is 30.3 Å². The van der Waals surface area contributed by atoms with Crippen molar-refractivity contribution in [2.75, 3.05) is 50.1 Å². The summed E-state index contributed by atoms with van der Waals surface area (Å²) in [7, 11) is 3.96. The first-order chi connectivity index (χ1) is 15.0. The highest BCUT2D eigenvalue weighted by Gasteiger charge is 2.31. The van der Waals surface area contributed by atoms with Crippen molar-refractivity contribution in [1.29, 1.82) is 0 Å². The second kappa shape index (κ2) is 9.64. The Labute approximate surface area is 185 Å². The third kappa shape index (κ3) is 4.98. The number of esters is 1. The number of anilines is 2. The molecule has 1 unspecified atom stereocenters. The fourth-order valence-electron chi connectivity index (χ4n) is 4.50. The summed E-state index contributed by atoms with van der Waals surface area (Å²) in [5.41, 5.74) is 3.66. The lowest BCUT2D eigenvalue weighted by molar-refractivity contribution is -0.148. The van der Waals surface area contributed by atoms with E-state index in [0.717, 1.165) is 62.9 Å². The fraction of sp³-hybridized carbons (Fsp3) is 0.542. The fourth-order valence-corrected chi connectivity index (χ4v) is 4.50. The average molecular weight is 424 g/mol. The van der Waals surface area contributed by atoms with Crippen LogP contribution in [-0.4, -0.2) is 61.2 Å². The standard InChI is InChI=1S/C24H33N5O2/c1-4-31-23(30)19-11-8-13-29(16-19)22-20-17-28(15-18-9-6-5-7-10-18)14-12-21(20)25-24(26-22)27(2)3/h5-7,9-10,19H,4,8,11-17H2,1-3H3. The summed E-state index contributed by atoms with van der Waals surface area (Å²) in [6.45, 7) is 6.59. The number of nitrogens with zero attached hydrogens (tertiary/aromatic N) is 5. The molecule has 2 aliphatic heterocycles. The number of carbonyl (C=O) groups is 1. The van der Waals surface area contributed by atoms with Crippen molar-refractivity contribution in [2.24, 2.45) is 5.92 Å². The third-order valence-electron chi connectivity index (χ3n) is 6.10. The highest BCUT2D eigenvalue weighted by atomic mass is 16.5. The summed E-state index contributed by atoms with van der Waals surface area (Å²) in [5, 5.41) is 0. The molecule has 7 nitrogen and oxygen atoms in total. The van der Waals surface area contributed by atoms with Gasteiger partial charge in [0, 0.05) is 58.8 Å². The predicted octanol–water partition coefficient (Wildman–Crippen LogP) is 2.88. The van der Waals surface area contributed by atoms with Gasteiger partial charge in [-0.15, -0.1) is 0 Å². The molecule has 1 saturated heterocycles. The van der Waals surface area contributed by atoms with Crippen molar-refractivity contribution in [3.8, 4) is 0 Å². The minimum atomic E-state index is -0.0915. The monoisotopic (exact) mass is 423 g/mol. The normalized spacial score (nSPS) is 19.1. The van der Waals surface area contributed by atoms with Crippen molar-refractivity contribution < 1.29 is 9.53 Å². The Morgan fingerprint density at radius 1 is 1.19 bits per heavy atom. The zero-order valence-electron chi connectivity index (χ0n) is 18.9.